The van der Waals surface area contributed by atoms with Crippen LogP contribution in [0.3, 0.4) is 0 Å². The average molecular weight is 333 g/mol. The Morgan fingerprint density at radius 3 is 2.96 bits per heavy atom. The Kier molecular flexibility index (Phi) is 3.68. The molecule has 120 valence electrons. The van der Waals surface area contributed by atoms with Crippen LogP contribution in [0, 0.1) is 0 Å². The number of nitrogens with zero attached hydrogens (tertiary/aromatic N) is 1. The van der Waals surface area contributed by atoms with E-state index >= 15 is 0 Å². The highest BCUT2D eigenvalue weighted by molar-refractivity contribution is 7.10. The van der Waals surface area contributed by atoms with Gasteiger partial charge in [0.05, 0.1) is 17.5 Å². The fraction of sp³-hybridized carbons (Fsp3) is 0.312. The lowest BCUT2D eigenvalue weighted by Gasteiger charge is -2.35. The number of ether oxygens (including phenoxy) is 3. The summed E-state index contributed by atoms with van der Waals surface area (Å²) in [6.07, 6.45) is -0.675. The maximum Gasteiger partial charge on any atom is 0.277 e. The van der Waals surface area contributed by atoms with Gasteiger partial charge in [0.2, 0.25) is 13.1 Å². The molecule has 0 unspecified atom stereocenters. The molecule has 0 saturated carbocycles. The molecule has 1 amide bonds. The van der Waals surface area contributed by atoms with Crippen LogP contribution >= 0.6 is 11.3 Å². The van der Waals surface area contributed by atoms with Gasteiger partial charge in [0.25, 0.3) is 5.91 Å². The summed E-state index contributed by atoms with van der Waals surface area (Å²) in [5.74, 6) is 1.00. The van der Waals surface area contributed by atoms with Crippen molar-refractivity contribution in [2.24, 2.45) is 0 Å². The minimum Gasteiger partial charge on any atom is -0.454 e. The first-order valence-electron chi connectivity index (χ1n) is 7.28. The third-order valence-electron chi connectivity index (χ3n) is 3.62. The first-order valence-corrected chi connectivity index (χ1v) is 8.16. The molecule has 1 aromatic carbocycles. The molecule has 2 aliphatic rings. The highest BCUT2D eigenvalue weighted by atomic mass is 32.1. The lowest BCUT2D eigenvalue weighted by molar-refractivity contribution is -0.319. The predicted octanol–water partition coefficient (Wildman–Crippen LogP) is 2.97. The molecule has 7 heteroatoms. The number of hydrogen-bond acceptors (Lipinski definition) is 6. The number of benzene rings is 1. The number of rotatable bonds is 2. The average Bonchev–Trinajstić information content (AvgIpc) is 3.24. The van der Waals surface area contributed by atoms with Gasteiger partial charge in [-0.3, -0.25) is 4.79 Å². The van der Waals surface area contributed by atoms with Gasteiger partial charge in [-0.05, 0) is 36.6 Å². The Balaban J connectivity index is 1.55. The quantitative estimate of drug-likeness (QED) is 0.846. The van der Waals surface area contributed by atoms with Crippen molar-refractivity contribution in [3.63, 3.8) is 0 Å². The van der Waals surface area contributed by atoms with Gasteiger partial charge < -0.3 is 14.2 Å². The largest absolute Gasteiger partial charge is 0.454 e. The monoisotopic (exact) mass is 333 g/mol. The summed E-state index contributed by atoms with van der Waals surface area (Å²) in [6.45, 7) is 2.47. The van der Waals surface area contributed by atoms with E-state index in [0.29, 0.717) is 23.6 Å². The van der Waals surface area contributed by atoms with Crippen LogP contribution in [0.4, 0.5) is 0 Å². The molecular formula is C16H15NO5S. The van der Waals surface area contributed by atoms with Gasteiger partial charge in [-0.25, -0.2) is 9.90 Å². The second kappa shape index (κ2) is 5.84. The van der Waals surface area contributed by atoms with Crippen molar-refractivity contribution < 1.29 is 23.8 Å². The van der Waals surface area contributed by atoms with Gasteiger partial charge >= 0.3 is 0 Å². The molecular weight excluding hydrogens is 318 g/mol. The first-order chi connectivity index (χ1) is 11.2. The van der Waals surface area contributed by atoms with Crippen LogP contribution in [-0.2, 0) is 9.57 Å². The Bertz CT molecular complexity index is 717. The zero-order chi connectivity index (χ0) is 15.8. The summed E-state index contributed by atoms with van der Waals surface area (Å²) in [4.78, 5) is 19.4. The Labute approximate surface area is 137 Å². The molecule has 0 N–H and O–H groups in total. The van der Waals surface area contributed by atoms with Crippen molar-refractivity contribution >= 4 is 17.2 Å². The molecule has 4 rings (SSSR count). The number of carbonyl (C=O) groups is 1. The van der Waals surface area contributed by atoms with E-state index in [1.807, 2.05) is 24.4 Å². The van der Waals surface area contributed by atoms with Crippen molar-refractivity contribution in [3.05, 3.63) is 46.2 Å². The molecule has 0 bridgehead atoms. The van der Waals surface area contributed by atoms with E-state index < -0.39 is 6.29 Å². The zero-order valence-corrected chi connectivity index (χ0v) is 13.2. The van der Waals surface area contributed by atoms with Gasteiger partial charge in [-0.2, -0.15) is 0 Å². The molecule has 1 saturated heterocycles. The maximum atomic E-state index is 12.7. The van der Waals surface area contributed by atoms with Crippen LogP contribution in [0.5, 0.6) is 11.5 Å². The Morgan fingerprint density at radius 1 is 1.26 bits per heavy atom. The highest BCUT2D eigenvalue weighted by Crippen LogP contribution is 2.34. The topological polar surface area (TPSA) is 57.2 Å². The number of thiophene rings is 1. The Hall–Kier alpha value is -2.09. The van der Waals surface area contributed by atoms with E-state index in [-0.39, 0.29) is 18.8 Å². The second-order valence-corrected chi connectivity index (χ2v) is 6.31. The summed E-state index contributed by atoms with van der Waals surface area (Å²) >= 11 is 1.53. The van der Waals surface area contributed by atoms with Crippen molar-refractivity contribution in [3.8, 4) is 11.5 Å². The summed E-state index contributed by atoms with van der Waals surface area (Å²) in [7, 11) is 0. The Morgan fingerprint density at radius 2 is 2.13 bits per heavy atom. The van der Waals surface area contributed by atoms with E-state index in [0.717, 1.165) is 4.88 Å². The number of amides is 1. The molecule has 6 nitrogen and oxygen atoms in total. The normalized spacial score (nSPS) is 23.1. The maximum absolute atomic E-state index is 12.7. The number of fused-ring (bicyclic) bond motifs is 1. The second-order valence-electron chi connectivity index (χ2n) is 5.33. The smallest absolute Gasteiger partial charge is 0.277 e. The minimum atomic E-state index is -0.559. The molecule has 1 aromatic heterocycles. The van der Waals surface area contributed by atoms with Crippen molar-refractivity contribution in [2.45, 2.75) is 19.3 Å². The molecule has 2 aromatic rings. The van der Waals surface area contributed by atoms with Crippen molar-refractivity contribution in [2.75, 3.05) is 13.3 Å². The molecule has 0 aliphatic carbocycles. The SMILES string of the molecule is C[C@@H]1CN(C(=O)c2ccc3c(c2)OCO3)O[C@H](c2cccs2)O1. The van der Waals surface area contributed by atoms with Gasteiger partial charge in [0.1, 0.15) is 0 Å². The van der Waals surface area contributed by atoms with Gasteiger partial charge in [0, 0.05) is 5.56 Å². The number of hydrogen-bond donors (Lipinski definition) is 0. The van der Waals surface area contributed by atoms with E-state index in [1.165, 1.54) is 16.4 Å². The van der Waals surface area contributed by atoms with Gasteiger partial charge in [0.15, 0.2) is 11.5 Å². The van der Waals surface area contributed by atoms with E-state index in [9.17, 15) is 4.79 Å². The molecule has 0 radical (unpaired) electrons. The molecule has 2 aliphatic heterocycles. The first kappa shape index (κ1) is 14.5. The number of carbonyl (C=O) groups excluding carboxylic acids is 1. The van der Waals surface area contributed by atoms with Crippen LogP contribution in [0.2, 0.25) is 0 Å². The highest BCUT2D eigenvalue weighted by Gasteiger charge is 2.32. The summed E-state index contributed by atoms with van der Waals surface area (Å²) in [5.41, 5.74) is 0.494. The predicted molar refractivity (Wildman–Crippen MR) is 82.3 cm³/mol. The molecule has 0 spiro atoms. The third kappa shape index (κ3) is 2.78. The summed E-state index contributed by atoms with van der Waals surface area (Å²) < 4.78 is 16.4. The molecule has 1 fully saturated rings. The summed E-state index contributed by atoms with van der Waals surface area (Å²) in [6, 6.07) is 8.97. The van der Waals surface area contributed by atoms with Crippen LogP contribution in [0.25, 0.3) is 0 Å². The standard InChI is InChI=1S/C16H15NO5S/c1-10-8-17(22-16(21-10)14-3-2-6-23-14)15(18)11-4-5-12-13(7-11)20-9-19-12/h2-7,10,16H,8-9H2,1H3/t10-,16-/m1/s1. The van der Waals surface area contributed by atoms with Gasteiger partial charge in [-0.1, -0.05) is 6.07 Å². The molecule has 2 atom stereocenters. The van der Waals surface area contributed by atoms with E-state index in [1.54, 1.807) is 18.2 Å². The lowest BCUT2D eigenvalue weighted by Crippen LogP contribution is -2.44. The fourth-order valence-electron chi connectivity index (χ4n) is 2.52. The van der Waals surface area contributed by atoms with Crippen LogP contribution in [0.15, 0.2) is 35.7 Å². The van der Waals surface area contributed by atoms with E-state index in [2.05, 4.69) is 0 Å². The van der Waals surface area contributed by atoms with Crippen LogP contribution < -0.4 is 9.47 Å². The fourth-order valence-corrected chi connectivity index (χ4v) is 3.20. The minimum absolute atomic E-state index is 0.117. The van der Waals surface area contributed by atoms with E-state index in [4.69, 9.17) is 19.0 Å². The van der Waals surface area contributed by atoms with Crippen molar-refractivity contribution in [1.82, 2.24) is 5.06 Å². The zero-order valence-electron chi connectivity index (χ0n) is 12.4. The van der Waals surface area contributed by atoms with Crippen LogP contribution in [0.1, 0.15) is 28.4 Å². The van der Waals surface area contributed by atoms with Gasteiger partial charge in [-0.15, -0.1) is 11.3 Å². The lowest BCUT2D eigenvalue weighted by atomic mass is 10.2. The van der Waals surface area contributed by atoms with Crippen LogP contribution in [-0.4, -0.2) is 30.4 Å². The summed E-state index contributed by atoms with van der Waals surface area (Å²) in [5, 5.41) is 3.31. The third-order valence-corrected chi connectivity index (χ3v) is 4.52. The molecule has 3 heterocycles. The number of hydroxylamine groups is 2. The van der Waals surface area contributed by atoms with Crippen molar-refractivity contribution in [1.29, 1.82) is 0 Å². The molecule has 23 heavy (non-hydrogen) atoms.